The van der Waals surface area contributed by atoms with Gasteiger partial charge in [-0.25, -0.2) is 0 Å². The van der Waals surface area contributed by atoms with Gasteiger partial charge in [-0.15, -0.1) is 0 Å². The molecule has 2 rings (SSSR count). The zero-order valence-electron chi connectivity index (χ0n) is 11.9. The van der Waals surface area contributed by atoms with Gasteiger partial charge in [0.25, 0.3) is 0 Å². The summed E-state index contributed by atoms with van der Waals surface area (Å²) in [7, 11) is 0. The second kappa shape index (κ2) is 6.38. The Morgan fingerprint density at radius 1 is 1.17 bits per heavy atom. The number of hydrogen-bond donors (Lipinski definition) is 1. The standard InChI is InChI=1S/C17H27N/c1-3-9-16(15-10-6-5-7-11-15)18-14-17(4-2)12-8-13-17/h5-7,10-11,16,18H,3-4,8-9,12-14H2,1-2H3. The average Bonchev–Trinajstić information content (AvgIpc) is 2.38. The lowest BCUT2D eigenvalue weighted by molar-refractivity contribution is 0.118. The Bertz CT molecular complexity index is 334. The highest BCUT2D eigenvalue weighted by Gasteiger charge is 2.35. The summed E-state index contributed by atoms with van der Waals surface area (Å²) in [6.45, 7) is 5.82. The first kappa shape index (κ1) is 13.6. The number of benzene rings is 1. The molecule has 0 spiro atoms. The zero-order valence-corrected chi connectivity index (χ0v) is 11.9. The Balaban J connectivity index is 1.94. The van der Waals surface area contributed by atoms with E-state index in [1.807, 2.05) is 0 Å². The van der Waals surface area contributed by atoms with Gasteiger partial charge in [0, 0.05) is 12.6 Å². The van der Waals surface area contributed by atoms with E-state index in [-0.39, 0.29) is 0 Å². The molecule has 18 heavy (non-hydrogen) atoms. The molecule has 1 N–H and O–H groups in total. The predicted molar refractivity (Wildman–Crippen MR) is 78.7 cm³/mol. The van der Waals surface area contributed by atoms with Crippen LogP contribution >= 0.6 is 0 Å². The van der Waals surface area contributed by atoms with Crippen LogP contribution < -0.4 is 5.32 Å². The average molecular weight is 245 g/mol. The van der Waals surface area contributed by atoms with E-state index in [0.29, 0.717) is 11.5 Å². The van der Waals surface area contributed by atoms with Crippen LogP contribution in [0.25, 0.3) is 0 Å². The second-order valence-corrected chi connectivity index (χ2v) is 5.84. The summed E-state index contributed by atoms with van der Waals surface area (Å²) < 4.78 is 0. The summed E-state index contributed by atoms with van der Waals surface area (Å²) in [4.78, 5) is 0. The van der Waals surface area contributed by atoms with Crippen LogP contribution in [0.2, 0.25) is 0 Å². The van der Waals surface area contributed by atoms with Crippen molar-refractivity contribution in [1.82, 2.24) is 5.32 Å². The Morgan fingerprint density at radius 2 is 1.89 bits per heavy atom. The van der Waals surface area contributed by atoms with Gasteiger partial charge in [-0.05, 0) is 36.7 Å². The van der Waals surface area contributed by atoms with Crippen LogP contribution in [0.15, 0.2) is 30.3 Å². The van der Waals surface area contributed by atoms with Gasteiger partial charge in [0.05, 0.1) is 0 Å². The summed E-state index contributed by atoms with van der Waals surface area (Å²) in [6, 6.07) is 11.5. The molecule has 1 heteroatoms. The van der Waals surface area contributed by atoms with Gasteiger partial charge < -0.3 is 5.32 Å². The number of rotatable bonds is 7. The maximum atomic E-state index is 3.83. The van der Waals surface area contributed by atoms with Gasteiger partial charge in [-0.3, -0.25) is 0 Å². The van der Waals surface area contributed by atoms with E-state index >= 15 is 0 Å². The molecule has 1 atom stereocenters. The molecule has 0 radical (unpaired) electrons. The highest BCUT2D eigenvalue weighted by atomic mass is 14.9. The minimum absolute atomic E-state index is 0.542. The highest BCUT2D eigenvalue weighted by molar-refractivity contribution is 5.18. The molecule has 1 aromatic rings. The van der Waals surface area contributed by atoms with Crippen molar-refractivity contribution in [2.24, 2.45) is 5.41 Å². The molecule has 1 aliphatic rings. The van der Waals surface area contributed by atoms with Crippen molar-refractivity contribution >= 4 is 0 Å². The minimum atomic E-state index is 0.542. The van der Waals surface area contributed by atoms with E-state index in [1.165, 1.54) is 50.6 Å². The summed E-state index contributed by atoms with van der Waals surface area (Å²) >= 11 is 0. The van der Waals surface area contributed by atoms with Gasteiger partial charge >= 0.3 is 0 Å². The number of hydrogen-bond acceptors (Lipinski definition) is 1. The summed E-state index contributed by atoms with van der Waals surface area (Å²) in [5.74, 6) is 0. The molecule has 1 aliphatic carbocycles. The molecule has 100 valence electrons. The van der Waals surface area contributed by atoms with E-state index < -0.39 is 0 Å². The summed E-state index contributed by atoms with van der Waals surface area (Å²) in [5, 5.41) is 3.83. The zero-order chi connectivity index (χ0) is 12.8. The van der Waals surface area contributed by atoms with E-state index in [1.54, 1.807) is 0 Å². The van der Waals surface area contributed by atoms with Crippen molar-refractivity contribution < 1.29 is 0 Å². The van der Waals surface area contributed by atoms with E-state index in [9.17, 15) is 0 Å². The molecule has 1 aromatic carbocycles. The first-order chi connectivity index (χ1) is 8.79. The lowest BCUT2D eigenvalue weighted by atomic mass is 9.67. The highest BCUT2D eigenvalue weighted by Crippen LogP contribution is 2.43. The quantitative estimate of drug-likeness (QED) is 0.734. The molecule has 0 aromatic heterocycles. The predicted octanol–water partition coefficient (Wildman–Crippen LogP) is 4.70. The molecule has 0 saturated heterocycles. The third-order valence-electron chi connectivity index (χ3n) is 4.67. The molecular weight excluding hydrogens is 218 g/mol. The fraction of sp³-hybridized carbons (Fsp3) is 0.647. The Labute approximate surface area is 112 Å². The Kier molecular flexibility index (Phi) is 4.82. The smallest absolute Gasteiger partial charge is 0.0320 e. The van der Waals surface area contributed by atoms with Crippen LogP contribution in [0.4, 0.5) is 0 Å². The molecule has 0 bridgehead atoms. The van der Waals surface area contributed by atoms with Crippen LogP contribution in [-0.4, -0.2) is 6.54 Å². The van der Waals surface area contributed by atoms with Crippen molar-refractivity contribution in [1.29, 1.82) is 0 Å². The first-order valence-electron chi connectivity index (χ1n) is 7.58. The van der Waals surface area contributed by atoms with Crippen molar-refractivity contribution in [3.63, 3.8) is 0 Å². The van der Waals surface area contributed by atoms with E-state index in [0.717, 1.165) is 0 Å². The van der Waals surface area contributed by atoms with Crippen molar-refractivity contribution in [2.75, 3.05) is 6.54 Å². The maximum absolute atomic E-state index is 3.83. The fourth-order valence-electron chi connectivity index (χ4n) is 3.03. The van der Waals surface area contributed by atoms with Gasteiger partial charge in [-0.1, -0.05) is 57.0 Å². The molecule has 0 aliphatic heterocycles. The van der Waals surface area contributed by atoms with Crippen LogP contribution in [0, 0.1) is 5.41 Å². The van der Waals surface area contributed by atoms with Gasteiger partial charge in [-0.2, -0.15) is 0 Å². The van der Waals surface area contributed by atoms with E-state index in [2.05, 4.69) is 49.5 Å². The van der Waals surface area contributed by atoms with Crippen LogP contribution in [-0.2, 0) is 0 Å². The fourth-order valence-corrected chi connectivity index (χ4v) is 3.03. The molecule has 0 amide bonds. The lowest BCUT2D eigenvalue weighted by Gasteiger charge is -2.42. The molecule has 1 nitrogen and oxygen atoms in total. The maximum Gasteiger partial charge on any atom is 0.0320 e. The monoisotopic (exact) mass is 245 g/mol. The molecule has 0 heterocycles. The lowest BCUT2D eigenvalue weighted by Crippen LogP contribution is -2.40. The van der Waals surface area contributed by atoms with Crippen molar-refractivity contribution in [3.8, 4) is 0 Å². The third-order valence-corrected chi connectivity index (χ3v) is 4.67. The van der Waals surface area contributed by atoms with Crippen LogP contribution in [0.3, 0.4) is 0 Å². The third kappa shape index (κ3) is 3.14. The summed E-state index contributed by atoms with van der Waals surface area (Å²) in [5.41, 5.74) is 2.06. The minimum Gasteiger partial charge on any atom is -0.309 e. The van der Waals surface area contributed by atoms with Crippen molar-refractivity contribution in [3.05, 3.63) is 35.9 Å². The largest absolute Gasteiger partial charge is 0.309 e. The molecular formula is C17H27N. The first-order valence-corrected chi connectivity index (χ1v) is 7.58. The molecule has 1 unspecified atom stereocenters. The van der Waals surface area contributed by atoms with Gasteiger partial charge in [0.1, 0.15) is 0 Å². The second-order valence-electron chi connectivity index (χ2n) is 5.84. The Morgan fingerprint density at radius 3 is 2.39 bits per heavy atom. The molecule has 1 saturated carbocycles. The summed E-state index contributed by atoms with van der Waals surface area (Å²) in [6.07, 6.45) is 8.08. The topological polar surface area (TPSA) is 12.0 Å². The Hall–Kier alpha value is -0.820. The van der Waals surface area contributed by atoms with Gasteiger partial charge in [0.15, 0.2) is 0 Å². The normalized spacial score (nSPS) is 19.2. The van der Waals surface area contributed by atoms with Crippen LogP contribution in [0.5, 0.6) is 0 Å². The molecule has 1 fully saturated rings. The SMILES string of the molecule is CCCC(NCC1(CC)CCC1)c1ccccc1. The number of nitrogens with one attached hydrogen (secondary N) is 1. The van der Waals surface area contributed by atoms with Gasteiger partial charge in [0.2, 0.25) is 0 Å². The van der Waals surface area contributed by atoms with Crippen molar-refractivity contribution in [2.45, 2.75) is 58.4 Å². The van der Waals surface area contributed by atoms with Crippen LogP contribution in [0.1, 0.15) is 64.0 Å². The van der Waals surface area contributed by atoms with E-state index in [4.69, 9.17) is 0 Å².